The third kappa shape index (κ3) is 2.53. The van der Waals surface area contributed by atoms with Crippen molar-refractivity contribution in [3.63, 3.8) is 0 Å². The van der Waals surface area contributed by atoms with Gasteiger partial charge in [-0.1, -0.05) is 42.6 Å². The first-order chi connectivity index (χ1) is 8.48. The number of halogens is 2. The van der Waals surface area contributed by atoms with E-state index >= 15 is 0 Å². The Bertz CT molecular complexity index is 438. The summed E-state index contributed by atoms with van der Waals surface area (Å²) in [7, 11) is 0. The molecule has 0 spiro atoms. The van der Waals surface area contributed by atoms with Gasteiger partial charge in [-0.3, -0.25) is 0 Å². The molecule has 3 unspecified atom stereocenters. The number of benzene rings is 1. The van der Waals surface area contributed by atoms with Gasteiger partial charge in [-0.05, 0) is 36.5 Å². The van der Waals surface area contributed by atoms with Crippen LogP contribution in [0, 0.1) is 11.3 Å². The smallest absolute Gasteiger partial charge is 0.0872 e. The van der Waals surface area contributed by atoms with Crippen LogP contribution in [0.4, 0.5) is 0 Å². The van der Waals surface area contributed by atoms with Crippen LogP contribution in [0.5, 0.6) is 0 Å². The molecule has 1 fully saturated rings. The highest BCUT2D eigenvalue weighted by Gasteiger charge is 2.43. The summed E-state index contributed by atoms with van der Waals surface area (Å²) >= 11 is 12.1. The molecule has 100 valence electrons. The normalized spacial score (nSPS) is 29.5. The Morgan fingerprint density at radius 3 is 2.72 bits per heavy atom. The number of rotatable bonds is 3. The zero-order chi connectivity index (χ0) is 13.3. The first kappa shape index (κ1) is 14.1. The standard InChI is InChI=1S/C14H19Cl2NO/c1-9-4-5-14(7-9,8-17)13(18)11-3-2-10(15)6-12(11)16/h2-3,6,9,13,18H,4-5,7-8,17H2,1H3. The second-order valence-electron chi connectivity index (χ2n) is 5.48. The molecular formula is C14H19Cl2NO. The molecule has 3 atom stereocenters. The molecule has 2 rings (SSSR count). The van der Waals surface area contributed by atoms with Gasteiger partial charge in [-0.2, -0.15) is 0 Å². The molecule has 1 aliphatic rings. The highest BCUT2D eigenvalue weighted by molar-refractivity contribution is 6.35. The van der Waals surface area contributed by atoms with Crippen LogP contribution in [-0.4, -0.2) is 11.7 Å². The first-order valence-electron chi connectivity index (χ1n) is 6.31. The van der Waals surface area contributed by atoms with E-state index in [4.69, 9.17) is 28.9 Å². The van der Waals surface area contributed by atoms with Crippen molar-refractivity contribution < 1.29 is 5.11 Å². The molecule has 1 aromatic carbocycles. The van der Waals surface area contributed by atoms with Gasteiger partial charge in [0, 0.05) is 22.0 Å². The Morgan fingerprint density at radius 1 is 1.50 bits per heavy atom. The van der Waals surface area contributed by atoms with Gasteiger partial charge in [0.1, 0.15) is 0 Å². The van der Waals surface area contributed by atoms with Crippen LogP contribution in [-0.2, 0) is 0 Å². The maximum atomic E-state index is 10.7. The third-order valence-corrected chi connectivity index (χ3v) is 4.70. The summed E-state index contributed by atoms with van der Waals surface area (Å²) in [5, 5.41) is 11.7. The molecular weight excluding hydrogens is 269 g/mol. The Balaban J connectivity index is 2.32. The quantitative estimate of drug-likeness (QED) is 0.888. The molecule has 0 aliphatic heterocycles. The van der Waals surface area contributed by atoms with E-state index in [-0.39, 0.29) is 5.41 Å². The minimum atomic E-state index is -0.614. The number of hydrogen-bond acceptors (Lipinski definition) is 2. The van der Waals surface area contributed by atoms with Crippen LogP contribution in [0.25, 0.3) is 0 Å². The number of hydrogen-bond donors (Lipinski definition) is 2. The second-order valence-corrected chi connectivity index (χ2v) is 6.33. The fourth-order valence-electron chi connectivity index (χ4n) is 3.03. The molecule has 0 radical (unpaired) electrons. The molecule has 1 saturated carbocycles. The average molecular weight is 288 g/mol. The Morgan fingerprint density at radius 2 is 2.22 bits per heavy atom. The minimum absolute atomic E-state index is 0.239. The second kappa shape index (κ2) is 5.38. The molecule has 1 aliphatic carbocycles. The van der Waals surface area contributed by atoms with Crippen molar-refractivity contribution in [2.24, 2.45) is 17.1 Å². The van der Waals surface area contributed by atoms with Gasteiger partial charge in [0.15, 0.2) is 0 Å². The number of aliphatic hydroxyl groups is 1. The van der Waals surface area contributed by atoms with Crippen molar-refractivity contribution in [1.29, 1.82) is 0 Å². The van der Waals surface area contributed by atoms with E-state index in [2.05, 4.69) is 6.92 Å². The van der Waals surface area contributed by atoms with Gasteiger partial charge >= 0.3 is 0 Å². The summed E-state index contributed by atoms with van der Waals surface area (Å²) in [4.78, 5) is 0. The van der Waals surface area contributed by atoms with E-state index in [1.807, 2.05) is 0 Å². The Labute approximate surface area is 118 Å². The van der Waals surface area contributed by atoms with Crippen LogP contribution < -0.4 is 5.73 Å². The lowest BCUT2D eigenvalue weighted by atomic mass is 9.77. The lowest BCUT2D eigenvalue weighted by Crippen LogP contribution is -2.34. The van der Waals surface area contributed by atoms with Crippen LogP contribution in [0.2, 0.25) is 10.0 Å². The maximum Gasteiger partial charge on any atom is 0.0872 e. The summed E-state index contributed by atoms with van der Waals surface area (Å²) in [5.74, 6) is 0.606. The highest BCUT2D eigenvalue weighted by atomic mass is 35.5. The van der Waals surface area contributed by atoms with Gasteiger partial charge in [0.05, 0.1) is 6.10 Å². The van der Waals surface area contributed by atoms with Crippen molar-refractivity contribution in [3.05, 3.63) is 33.8 Å². The van der Waals surface area contributed by atoms with E-state index in [9.17, 15) is 5.11 Å². The summed E-state index contributed by atoms with van der Waals surface area (Å²) in [5.41, 5.74) is 6.42. The number of aliphatic hydroxyl groups excluding tert-OH is 1. The maximum absolute atomic E-state index is 10.7. The minimum Gasteiger partial charge on any atom is -0.388 e. The predicted molar refractivity (Wildman–Crippen MR) is 75.9 cm³/mol. The van der Waals surface area contributed by atoms with Gasteiger partial charge in [0.2, 0.25) is 0 Å². The summed E-state index contributed by atoms with van der Waals surface area (Å²) < 4.78 is 0. The van der Waals surface area contributed by atoms with Crippen LogP contribution in [0.3, 0.4) is 0 Å². The molecule has 2 nitrogen and oxygen atoms in total. The first-order valence-corrected chi connectivity index (χ1v) is 7.07. The summed E-state index contributed by atoms with van der Waals surface area (Å²) in [6.45, 7) is 2.69. The Hall–Kier alpha value is -0.280. The van der Waals surface area contributed by atoms with Crippen molar-refractivity contribution in [3.8, 4) is 0 Å². The predicted octanol–water partition coefficient (Wildman–Crippen LogP) is 3.79. The lowest BCUT2D eigenvalue weighted by Gasteiger charge is -2.34. The SMILES string of the molecule is CC1CCC(CN)(C(O)c2ccc(Cl)cc2Cl)C1. The third-order valence-electron chi connectivity index (χ3n) is 4.13. The molecule has 1 aromatic rings. The van der Waals surface area contributed by atoms with E-state index in [0.29, 0.717) is 22.5 Å². The van der Waals surface area contributed by atoms with Crippen molar-refractivity contribution >= 4 is 23.2 Å². The molecule has 3 N–H and O–H groups in total. The zero-order valence-electron chi connectivity index (χ0n) is 10.5. The highest BCUT2D eigenvalue weighted by Crippen LogP contribution is 2.50. The molecule has 0 heterocycles. The van der Waals surface area contributed by atoms with Crippen molar-refractivity contribution in [2.45, 2.75) is 32.3 Å². The Kier molecular flexibility index (Phi) is 4.22. The zero-order valence-corrected chi connectivity index (χ0v) is 12.0. The molecule has 0 amide bonds. The van der Waals surface area contributed by atoms with E-state index < -0.39 is 6.10 Å². The molecule has 4 heteroatoms. The van der Waals surface area contributed by atoms with Gasteiger partial charge in [-0.15, -0.1) is 0 Å². The average Bonchev–Trinajstić information content (AvgIpc) is 2.71. The number of nitrogens with two attached hydrogens (primary N) is 1. The van der Waals surface area contributed by atoms with Crippen molar-refractivity contribution in [2.75, 3.05) is 6.54 Å². The topological polar surface area (TPSA) is 46.2 Å². The largest absolute Gasteiger partial charge is 0.388 e. The van der Waals surface area contributed by atoms with Crippen LogP contribution in [0.15, 0.2) is 18.2 Å². The fraction of sp³-hybridized carbons (Fsp3) is 0.571. The van der Waals surface area contributed by atoms with Gasteiger partial charge in [-0.25, -0.2) is 0 Å². The monoisotopic (exact) mass is 287 g/mol. The fourth-order valence-corrected chi connectivity index (χ4v) is 3.54. The summed E-state index contributed by atoms with van der Waals surface area (Å²) in [6.07, 6.45) is 2.39. The molecule has 0 bridgehead atoms. The lowest BCUT2D eigenvalue weighted by molar-refractivity contribution is 0.0309. The molecule has 0 aromatic heterocycles. The van der Waals surface area contributed by atoms with Gasteiger partial charge < -0.3 is 10.8 Å². The molecule has 18 heavy (non-hydrogen) atoms. The summed E-state index contributed by atoms with van der Waals surface area (Å²) in [6, 6.07) is 5.23. The van der Waals surface area contributed by atoms with E-state index in [1.54, 1.807) is 18.2 Å². The van der Waals surface area contributed by atoms with E-state index in [1.165, 1.54) is 0 Å². The van der Waals surface area contributed by atoms with Gasteiger partial charge in [0.25, 0.3) is 0 Å². The van der Waals surface area contributed by atoms with Crippen LogP contribution in [0.1, 0.15) is 37.9 Å². The van der Waals surface area contributed by atoms with Crippen LogP contribution >= 0.6 is 23.2 Å². The van der Waals surface area contributed by atoms with E-state index in [0.717, 1.165) is 24.8 Å². The van der Waals surface area contributed by atoms with Crippen molar-refractivity contribution in [1.82, 2.24) is 0 Å². The molecule has 0 saturated heterocycles.